The zero-order valence-corrected chi connectivity index (χ0v) is 12.7. The lowest BCUT2D eigenvalue weighted by Crippen LogP contribution is -2.37. The smallest absolute Gasteiger partial charge is 0.311 e. The lowest BCUT2D eigenvalue weighted by atomic mass is 9.81. The van der Waals surface area contributed by atoms with E-state index in [1.54, 1.807) is 4.57 Å². The van der Waals surface area contributed by atoms with E-state index in [0.29, 0.717) is 19.5 Å². The average Bonchev–Trinajstić information content (AvgIpc) is 3.11. The minimum absolute atomic E-state index is 0.0736. The quantitative estimate of drug-likeness (QED) is 0.886. The lowest BCUT2D eigenvalue weighted by Gasteiger charge is -2.23. The van der Waals surface area contributed by atoms with Gasteiger partial charge in [0.05, 0.1) is 17.9 Å². The summed E-state index contributed by atoms with van der Waals surface area (Å²) in [4.78, 5) is 15.5. The fourth-order valence-corrected chi connectivity index (χ4v) is 5.38. The van der Waals surface area contributed by atoms with Gasteiger partial charge in [-0.1, -0.05) is 6.42 Å². The van der Waals surface area contributed by atoms with Crippen molar-refractivity contribution in [2.24, 2.45) is 11.3 Å². The van der Waals surface area contributed by atoms with Gasteiger partial charge in [-0.25, -0.2) is 13.4 Å². The zero-order chi connectivity index (χ0) is 15.3. The molecular weight excluding hydrogens is 294 g/mol. The van der Waals surface area contributed by atoms with Crippen LogP contribution in [0, 0.1) is 11.3 Å². The number of carboxylic acids is 1. The zero-order valence-electron chi connectivity index (χ0n) is 11.9. The van der Waals surface area contributed by atoms with Gasteiger partial charge in [-0.15, -0.1) is 0 Å². The number of imidazole rings is 1. The minimum atomic E-state index is -3.68. The normalized spacial score (nSPS) is 29.7. The minimum Gasteiger partial charge on any atom is -0.481 e. The van der Waals surface area contributed by atoms with Crippen LogP contribution in [0.25, 0.3) is 0 Å². The predicted octanol–water partition coefficient (Wildman–Crippen LogP) is 0.778. The third kappa shape index (κ3) is 2.00. The Balaban J connectivity index is 1.94. The molecule has 1 aliphatic heterocycles. The van der Waals surface area contributed by atoms with Crippen LogP contribution >= 0.6 is 0 Å². The van der Waals surface area contributed by atoms with Crippen molar-refractivity contribution in [2.45, 2.75) is 37.8 Å². The molecule has 2 fully saturated rings. The first-order valence-electron chi connectivity index (χ1n) is 7.15. The molecular formula is C13H19N3O4S. The number of carbonyl (C=O) groups is 1. The van der Waals surface area contributed by atoms with Crippen LogP contribution in [0.15, 0.2) is 17.6 Å². The second-order valence-electron chi connectivity index (χ2n) is 5.87. The van der Waals surface area contributed by atoms with Crippen molar-refractivity contribution >= 4 is 16.0 Å². The van der Waals surface area contributed by atoms with Crippen molar-refractivity contribution < 1.29 is 18.3 Å². The van der Waals surface area contributed by atoms with Crippen LogP contribution in [-0.2, 0) is 21.4 Å². The number of carboxylic acid groups (broad SMARTS) is 1. The molecule has 3 rings (SSSR count). The molecule has 1 aliphatic carbocycles. The maximum Gasteiger partial charge on any atom is 0.311 e. The van der Waals surface area contributed by atoms with Crippen LogP contribution < -0.4 is 0 Å². The van der Waals surface area contributed by atoms with Crippen molar-refractivity contribution in [1.29, 1.82) is 0 Å². The number of aryl methyl sites for hydroxylation is 1. The van der Waals surface area contributed by atoms with Crippen molar-refractivity contribution in [3.05, 3.63) is 12.5 Å². The number of hydrogen-bond acceptors (Lipinski definition) is 4. The van der Waals surface area contributed by atoms with Gasteiger partial charge in [-0.3, -0.25) is 4.79 Å². The van der Waals surface area contributed by atoms with Crippen LogP contribution in [0.3, 0.4) is 0 Å². The molecule has 1 aromatic rings. The average molecular weight is 313 g/mol. The monoisotopic (exact) mass is 313 g/mol. The summed E-state index contributed by atoms with van der Waals surface area (Å²) in [6.45, 7) is 2.72. The largest absolute Gasteiger partial charge is 0.481 e. The first kappa shape index (κ1) is 14.5. The fraction of sp³-hybridized carbons (Fsp3) is 0.692. The summed E-state index contributed by atoms with van der Waals surface area (Å²) in [6, 6.07) is 0. The molecule has 2 atom stereocenters. The molecule has 1 aromatic heterocycles. The molecule has 116 valence electrons. The third-order valence-corrected chi connectivity index (χ3v) is 6.71. The highest BCUT2D eigenvalue weighted by Gasteiger charge is 2.57. The Bertz CT molecular complexity index is 669. The second kappa shape index (κ2) is 4.81. The molecule has 2 heterocycles. The number of nitrogens with zero attached hydrogens (tertiary/aromatic N) is 3. The Hall–Kier alpha value is -1.41. The van der Waals surface area contributed by atoms with Crippen molar-refractivity contribution in [1.82, 2.24) is 13.9 Å². The number of aliphatic carboxylic acids is 1. The van der Waals surface area contributed by atoms with E-state index in [-0.39, 0.29) is 17.5 Å². The van der Waals surface area contributed by atoms with Crippen LogP contribution in [0.4, 0.5) is 0 Å². The lowest BCUT2D eigenvalue weighted by molar-refractivity contribution is -0.149. The number of hydrogen-bond donors (Lipinski definition) is 1. The Morgan fingerprint density at radius 1 is 1.57 bits per heavy atom. The Morgan fingerprint density at radius 2 is 2.33 bits per heavy atom. The van der Waals surface area contributed by atoms with Gasteiger partial charge in [0.25, 0.3) is 10.0 Å². The fourth-order valence-electron chi connectivity index (χ4n) is 3.67. The molecule has 1 saturated heterocycles. The van der Waals surface area contributed by atoms with E-state index in [1.807, 2.05) is 6.92 Å². The highest BCUT2D eigenvalue weighted by atomic mass is 32.2. The standard InChI is InChI=1S/C13H19N3O4S/c1-2-15-9-14-6-11(15)21(19,20)16-7-10-4-3-5-13(10,8-16)12(17)18/h6,9-10H,2-5,7-8H2,1H3,(H,17,18)/t10-,13+/m0/s1. The van der Waals surface area contributed by atoms with Gasteiger partial charge < -0.3 is 9.67 Å². The van der Waals surface area contributed by atoms with Crippen molar-refractivity contribution in [2.75, 3.05) is 13.1 Å². The van der Waals surface area contributed by atoms with E-state index in [4.69, 9.17) is 0 Å². The topological polar surface area (TPSA) is 92.5 Å². The van der Waals surface area contributed by atoms with Crippen LogP contribution in [0.1, 0.15) is 26.2 Å². The summed E-state index contributed by atoms with van der Waals surface area (Å²) in [7, 11) is -3.68. The molecule has 0 spiro atoms. The number of sulfonamides is 1. The highest BCUT2D eigenvalue weighted by molar-refractivity contribution is 7.89. The number of rotatable bonds is 4. The highest BCUT2D eigenvalue weighted by Crippen LogP contribution is 2.50. The molecule has 7 nitrogen and oxygen atoms in total. The second-order valence-corrected chi connectivity index (χ2v) is 7.75. The maximum atomic E-state index is 12.7. The first-order valence-corrected chi connectivity index (χ1v) is 8.59. The summed E-state index contributed by atoms with van der Waals surface area (Å²) >= 11 is 0. The van der Waals surface area contributed by atoms with Gasteiger partial charge in [-0.2, -0.15) is 4.31 Å². The van der Waals surface area contributed by atoms with E-state index in [2.05, 4.69) is 4.98 Å². The van der Waals surface area contributed by atoms with Crippen LogP contribution in [-0.4, -0.2) is 46.4 Å². The van der Waals surface area contributed by atoms with Gasteiger partial charge in [0.15, 0.2) is 5.03 Å². The summed E-state index contributed by atoms with van der Waals surface area (Å²) in [5.74, 6) is -0.950. The molecule has 0 bridgehead atoms. The molecule has 2 aliphatic rings. The van der Waals surface area contributed by atoms with Gasteiger partial charge >= 0.3 is 5.97 Å². The molecule has 8 heteroatoms. The van der Waals surface area contributed by atoms with Gasteiger partial charge in [0, 0.05) is 19.6 Å². The molecule has 1 saturated carbocycles. The SMILES string of the molecule is CCn1cncc1S(=O)(=O)N1C[C@@H]2CCC[C@@]2(C(=O)O)C1. The molecule has 0 unspecified atom stereocenters. The van der Waals surface area contributed by atoms with Crippen LogP contribution in [0.5, 0.6) is 0 Å². The third-order valence-electron chi connectivity index (χ3n) is 4.88. The maximum absolute atomic E-state index is 12.7. The first-order chi connectivity index (χ1) is 9.91. The van der Waals surface area contributed by atoms with E-state index in [1.165, 1.54) is 16.8 Å². The van der Waals surface area contributed by atoms with Crippen molar-refractivity contribution in [3.63, 3.8) is 0 Å². The van der Waals surface area contributed by atoms with Gasteiger partial charge in [0.2, 0.25) is 0 Å². The number of fused-ring (bicyclic) bond motifs is 1. The van der Waals surface area contributed by atoms with Crippen LogP contribution in [0.2, 0.25) is 0 Å². The molecule has 1 N–H and O–H groups in total. The summed E-state index contributed by atoms with van der Waals surface area (Å²) < 4.78 is 28.4. The van der Waals surface area contributed by atoms with Crippen molar-refractivity contribution in [3.8, 4) is 0 Å². The Labute approximate surface area is 123 Å². The molecule has 0 aromatic carbocycles. The van der Waals surface area contributed by atoms with E-state index < -0.39 is 21.4 Å². The molecule has 0 amide bonds. The Morgan fingerprint density at radius 3 is 2.95 bits per heavy atom. The summed E-state index contributed by atoms with van der Waals surface area (Å²) in [5.41, 5.74) is -0.899. The van der Waals surface area contributed by atoms with Gasteiger partial charge in [0.1, 0.15) is 0 Å². The van der Waals surface area contributed by atoms with Gasteiger partial charge in [-0.05, 0) is 25.7 Å². The van der Waals surface area contributed by atoms with E-state index in [0.717, 1.165) is 12.8 Å². The summed E-state index contributed by atoms with van der Waals surface area (Å²) in [5, 5.41) is 9.69. The van der Waals surface area contributed by atoms with E-state index in [9.17, 15) is 18.3 Å². The summed E-state index contributed by atoms with van der Waals surface area (Å²) in [6.07, 6.45) is 5.02. The molecule has 21 heavy (non-hydrogen) atoms. The Kier molecular flexibility index (Phi) is 3.32. The number of aromatic nitrogens is 2. The predicted molar refractivity (Wildman–Crippen MR) is 74.1 cm³/mol. The molecule has 0 radical (unpaired) electrons. The van der Waals surface area contributed by atoms with E-state index >= 15 is 0 Å².